The van der Waals surface area contributed by atoms with E-state index in [-0.39, 0.29) is 11.3 Å². The molecule has 1 aliphatic heterocycles. The van der Waals surface area contributed by atoms with E-state index in [1.807, 2.05) is 24.3 Å². The molecule has 0 aliphatic carbocycles. The molecule has 31 heavy (non-hydrogen) atoms. The number of carbonyl (C=O) groups excluding carboxylic acids is 1. The van der Waals surface area contributed by atoms with Crippen molar-refractivity contribution in [2.75, 3.05) is 5.32 Å². The van der Waals surface area contributed by atoms with Gasteiger partial charge in [-0.05, 0) is 53.6 Å². The lowest BCUT2D eigenvalue weighted by Crippen LogP contribution is -2.06. The Kier molecular flexibility index (Phi) is 5.81. The quantitative estimate of drug-likeness (QED) is 0.379. The minimum atomic E-state index is -4.48. The number of nitrogens with one attached hydrogen (secondary N) is 1. The van der Waals surface area contributed by atoms with E-state index < -0.39 is 17.6 Å². The first kappa shape index (κ1) is 21.5. The highest BCUT2D eigenvalue weighted by Gasteiger charge is 2.33. The van der Waals surface area contributed by atoms with Crippen molar-refractivity contribution in [3.05, 3.63) is 92.4 Å². The highest BCUT2D eigenvalue weighted by molar-refractivity contribution is 9.10. The topological polar surface area (TPSA) is 38.3 Å². The minimum absolute atomic E-state index is 0.131. The van der Waals surface area contributed by atoms with Crippen LogP contribution in [-0.2, 0) is 17.6 Å². The van der Waals surface area contributed by atoms with Gasteiger partial charge in [0.25, 0.3) is 5.91 Å². The third-order valence-electron chi connectivity index (χ3n) is 4.70. The van der Waals surface area contributed by atoms with Gasteiger partial charge in [-0.2, -0.15) is 13.2 Å². The molecule has 0 radical (unpaired) electrons. The first-order valence-electron chi connectivity index (χ1n) is 9.12. The fraction of sp³-hybridized carbons (Fsp3) is 0.0870. The molecule has 3 nitrogen and oxygen atoms in total. The molecule has 0 saturated carbocycles. The lowest BCUT2D eigenvalue weighted by Gasteiger charge is -2.09. The van der Waals surface area contributed by atoms with Crippen LogP contribution in [0.4, 0.5) is 18.9 Å². The molecular weight excluding hydrogens is 495 g/mol. The number of rotatable bonds is 4. The highest BCUT2D eigenvalue weighted by Crippen LogP contribution is 2.38. The van der Waals surface area contributed by atoms with Crippen LogP contribution in [0.5, 0.6) is 5.75 Å². The van der Waals surface area contributed by atoms with Gasteiger partial charge in [0.15, 0.2) is 0 Å². The average molecular weight is 509 g/mol. The van der Waals surface area contributed by atoms with E-state index in [2.05, 4.69) is 21.2 Å². The average Bonchev–Trinajstić information content (AvgIpc) is 3.02. The summed E-state index contributed by atoms with van der Waals surface area (Å²) in [6.45, 7) is 0.338. The van der Waals surface area contributed by atoms with Gasteiger partial charge < -0.3 is 10.1 Å². The van der Waals surface area contributed by atoms with Gasteiger partial charge in [-0.15, -0.1) is 0 Å². The maximum atomic E-state index is 12.9. The molecule has 0 aromatic heterocycles. The third-order valence-corrected chi connectivity index (χ3v) is 5.53. The summed E-state index contributed by atoms with van der Waals surface area (Å²) >= 11 is 9.70. The van der Waals surface area contributed by atoms with Crippen molar-refractivity contribution in [1.29, 1.82) is 0 Å². The largest absolute Gasteiger partial charge is 0.487 e. The van der Waals surface area contributed by atoms with E-state index >= 15 is 0 Å². The van der Waals surface area contributed by atoms with E-state index in [1.165, 1.54) is 6.07 Å². The van der Waals surface area contributed by atoms with Crippen molar-refractivity contribution in [2.45, 2.75) is 12.8 Å². The van der Waals surface area contributed by atoms with Crippen molar-refractivity contribution in [2.24, 2.45) is 0 Å². The standard InChI is InChI=1S/C23H14BrClF3NO2/c24-16-5-1-13(2-6-16)12-31-21-8-3-14(10-19(21)25)9-18-17-7-4-15(23(26,27)28)11-20(17)29-22(18)30/h1-11H,12H2,(H,29,30)/b18-9-. The Labute approximate surface area is 189 Å². The van der Waals surface area contributed by atoms with Crippen LogP contribution < -0.4 is 10.1 Å². The first-order chi connectivity index (χ1) is 14.7. The number of benzene rings is 3. The van der Waals surface area contributed by atoms with Gasteiger partial charge in [0.2, 0.25) is 0 Å². The van der Waals surface area contributed by atoms with Gasteiger partial charge in [0, 0.05) is 21.3 Å². The molecule has 0 saturated heterocycles. The van der Waals surface area contributed by atoms with Crippen LogP contribution in [0.15, 0.2) is 65.1 Å². The molecule has 158 valence electrons. The Morgan fingerprint density at radius 1 is 1.03 bits per heavy atom. The molecule has 0 spiro atoms. The van der Waals surface area contributed by atoms with Crippen LogP contribution in [0.2, 0.25) is 5.02 Å². The van der Waals surface area contributed by atoms with Crippen molar-refractivity contribution in [3.8, 4) is 5.75 Å². The SMILES string of the molecule is O=C1Nc2cc(C(F)(F)F)ccc2/C1=C/c1ccc(OCc2ccc(Br)cc2)c(Cl)c1. The van der Waals surface area contributed by atoms with Crippen molar-refractivity contribution >= 4 is 50.8 Å². The summed E-state index contributed by atoms with van der Waals surface area (Å²) in [4.78, 5) is 12.3. The second kappa shape index (κ2) is 8.40. The van der Waals surface area contributed by atoms with Gasteiger partial charge in [0.1, 0.15) is 12.4 Å². The molecule has 4 rings (SSSR count). The number of alkyl halides is 3. The Bertz CT molecular complexity index is 1190. The molecule has 1 N–H and O–H groups in total. The van der Waals surface area contributed by atoms with Crippen LogP contribution >= 0.6 is 27.5 Å². The molecule has 0 fully saturated rings. The molecule has 1 amide bonds. The fourth-order valence-corrected chi connectivity index (χ4v) is 3.65. The van der Waals surface area contributed by atoms with Crippen LogP contribution in [0, 0.1) is 0 Å². The van der Waals surface area contributed by atoms with Gasteiger partial charge >= 0.3 is 6.18 Å². The van der Waals surface area contributed by atoms with Crippen molar-refractivity contribution in [3.63, 3.8) is 0 Å². The number of halogens is 5. The van der Waals surface area contributed by atoms with Gasteiger partial charge in [-0.3, -0.25) is 4.79 Å². The molecule has 0 unspecified atom stereocenters. The number of hydrogen-bond acceptors (Lipinski definition) is 2. The lowest BCUT2D eigenvalue weighted by molar-refractivity contribution is -0.137. The summed E-state index contributed by atoms with van der Waals surface area (Å²) in [7, 11) is 0. The van der Waals surface area contributed by atoms with Crippen molar-refractivity contribution in [1.82, 2.24) is 0 Å². The molecule has 0 bridgehead atoms. The minimum Gasteiger partial charge on any atom is -0.487 e. The van der Waals surface area contributed by atoms with Gasteiger partial charge in [-0.25, -0.2) is 0 Å². The van der Waals surface area contributed by atoms with E-state index in [4.69, 9.17) is 16.3 Å². The third kappa shape index (κ3) is 4.78. The van der Waals surface area contributed by atoms with E-state index in [1.54, 1.807) is 24.3 Å². The highest BCUT2D eigenvalue weighted by atomic mass is 79.9. The number of fused-ring (bicyclic) bond motifs is 1. The van der Waals surface area contributed by atoms with E-state index in [9.17, 15) is 18.0 Å². The number of amides is 1. The van der Waals surface area contributed by atoms with Crippen molar-refractivity contribution < 1.29 is 22.7 Å². The zero-order chi connectivity index (χ0) is 22.2. The number of anilines is 1. The molecule has 8 heteroatoms. The van der Waals surface area contributed by atoms with Crippen LogP contribution in [0.1, 0.15) is 22.3 Å². The van der Waals surface area contributed by atoms with Gasteiger partial charge in [0.05, 0.1) is 10.6 Å². The van der Waals surface area contributed by atoms with Crippen LogP contribution in [0.25, 0.3) is 11.6 Å². The summed E-state index contributed by atoms with van der Waals surface area (Å²) < 4.78 is 45.5. The number of hydrogen-bond donors (Lipinski definition) is 1. The molecule has 3 aromatic carbocycles. The Balaban J connectivity index is 1.55. The van der Waals surface area contributed by atoms with E-state index in [0.29, 0.717) is 28.5 Å². The molecule has 1 aliphatic rings. The lowest BCUT2D eigenvalue weighted by atomic mass is 10.0. The summed E-state index contributed by atoms with van der Waals surface area (Å²) in [5.74, 6) is 0.0128. The zero-order valence-electron chi connectivity index (χ0n) is 15.8. The molecular formula is C23H14BrClF3NO2. The summed E-state index contributed by atoms with van der Waals surface area (Å²) in [5.41, 5.74) is 1.59. The first-order valence-corrected chi connectivity index (χ1v) is 10.3. The number of carbonyl (C=O) groups is 1. The normalized spacial score (nSPS) is 14.5. The summed E-state index contributed by atoms with van der Waals surface area (Å²) in [5, 5.41) is 2.84. The van der Waals surface area contributed by atoms with E-state index in [0.717, 1.165) is 22.2 Å². The molecule has 3 aromatic rings. The smallest absolute Gasteiger partial charge is 0.416 e. The second-order valence-electron chi connectivity index (χ2n) is 6.88. The van der Waals surface area contributed by atoms with Gasteiger partial charge in [-0.1, -0.05) is 51.8 Å². The maximum Gasteiger partial charge on any atom is 0.416 e. The predicted octanol–water partition coefficient (Wildman–Crippen LogP) is 7.19. The second-order valence-corrected chi connectivity index (χ2v) is 8.20. The maximum absolute atomic E-state index is 12.9. The Morgan fingerprint density at radius 3 is 2.45 bits per heavy atom. The fourth-order valence-electron chi connectivity index (χ4n) is 3.15. The Morgan fingerprint density at radius 2 is 1.77 bits per heavy atom. The zero-order valence-corrected chi connectivity index (χ0v) is 18.1. The van der Waals surface area contributed by atoms with Crippen LogP contribution in [0.3, 0.4) is 0 Å². The molecule has 0 atom stereocenters. The monoisotopic (exact) mass is 507 g/mol. The summed E-state index contributed by atoms with van der Waals surface area (Å²) in [6, 6.07) is 15.9. The number of ether oxygens (including phenoxy) is 1. The summed E-state index contributed by atoms with van der Waals surface area (Å²) in [6.07, 6.45) is -2.90. The predicted molar refractivity (Wildman–Crippen MR) is 118 cm³/mol. The molecule has 1 heterocycles. The van der Waals surface area contributed by atoms with Crippen LogP contribution in [-0.4, -0.2) is 5.91 Å². The Hall–Kier alpha value is -2.77.